The lowest BCUT2D eigenvalue weighted by atomic mass is 10.1. The van der Waals surface area contributed by atoms with Gasteiger partial charge in [0.2, 0.25) is 0 Å². The van der Waals surface area contributed by atoms with E-state index in [0.29, 0.717) is 6.04 Å². The molecule has 0 aliphatic rings. The van der Waals surface area contributed by atoms with Crippen LogP contribution in [0.5, 0.6) is 0 Å². The monoisotopic (exact) mass is 255 g/mol. The fraction of sp³-hybridized carbons (Fsp3) is 0.714. The quantitative estimate of drug-likeness (QED) is 0.684. The molecule has 0 aliphatic heterocycles. The normalized spacial score (nSPS) is 12.9. The van der Waals surface area contributed by atoms with Gasteiger partial charge in [-0.15, -0.1) is 11.3 Å². The average Bonchev–Trinajstić information content (AvgIpc) is 2.80. The van der Waals surface area contributed by atoms with Crippen molar-refractivity contribution in [3.05, 3.63) is 21.9 Å². The van der Waals surface area contributed by atoms with E-state index in [4.69, 9.17) is 4.74 Å². The zero-order valence-electron chi connectivity index (χ0n) is 11.3. The molecule has 0 saturated heterocycles. The molecular weight excluding hydrogens is 230 g/mol. The first-order valence-electron chi connectivity index (χ1n) is 6.62. The van der Waals surface area contributed by atoms with Crippen molar-refractivity contribution in [1.29, 1.82) is 0 Å². The minimum Gasteiger partial charge on any atom is -0.382 e. The van der Waals surface area contributed by atoms with E-state index in [2.05, 4.69) is 31.4 Å². The molecule has 1 aromatic rings. The number of thiophene rings is 1. The van der Waals surface area contributed by atoms with Crippen molar-refractivity contribution in [2.45, 2.75) is 45.6 Å². The highest BCUT2D eigenvalue weighted by Crippen LogP contribution is 2.19. The molecule has 0 saturated carbocycles. The van der Waals surface area contributed by atoms with Crippen molar-refractivity contribution in [2.75, 3.05) is 20.3 Å². The van der Waals surface area contributed by atoms with Crippen LogP contribution in [0, 0.1) is 0 Å². The lowest BCUT2D eigenvalue weighted by molar-refractivity contribution is 0.141. The Hall–Kier alpha value is -0.380. The van der Waals surface area contributed by atoms with E-state index in [0.717, 1.165) is 32.5 Å². The maximum Gasteiger partial charge on any atom is 0.0466 e. The van der Waals surface area contributed by atoms with Crippen LogP contribution in [0.1, 0.15) is 36.4 Å². The largest absolute Gasteiger partial charge is 0.382 e. The van der Waals surface area contributed by atoms with Crippen LogP contribution in [0.2, 0.25) is 0 Å². The summed E-state index contributed by atoms with van der Waals surface area (Å²) in [5.41, 5.74) is 0. The highest BCUT2D eigenvalue weighted by atomic mass is 32.1. The average molecular weight is 255 g/mol. The van der Waals surface area contributed by atoms with Crippen LogP contribution in [0.4, 0.5) is 0 Å². The van der Waals surface area contributed by atoms with Crippen molar-refractivity contribution in [3.8, 4) is 0 Å². The molecule has 1 N–H and O–H groups in total. The Kier molecular flexibility index (Phi) is 7.49. The van der Waals surface area contributed by atoms with Crippen molar-refractivity contribution >= 4 is 11.3 Å². The summed E-state index contributed by atoms with van der Waals surface area (Å²) in [6, 6.07) is 5.11. The number of hydrogen-bond donors (Lipinski definition) is 1. The Morgan fingerprint density at radius 1 is 1.29 bits per heavy atom. The summed E-state index contributed by atoms with van der Waals surface area (Å²) in [7, 11) is 2.06. The lowest BCUT2D eigenvalue weighted by Crippen LogP contribution is -2.27. The number of hydrogen-bond acceptors (Lipinski definition) is 3. The molecule has 17 heavy (non-hydrogen) atoms. The van der Waals surface area contributed by atoms with Gasteiger partial charge in [-0.1, -0.05) is 6.92 Å². The molecule has 1 unspecified atom stereocenters. The summed E-state index contributed by atoms with van der Waals surface area (Å²) in [5.74, 6) is 0. The van der Waals surface area contributed by atoms with Gasteiger partial charge in [-0.05, 0) is 51.8 Å². The first-order chi connectivity index (χ1) is 8.30. The summed E-state index contributed by atoms with van der Waals surface area (Å²) in [5, 5.41) is 3.41. The van der Waals surface area contributed by atoms with Gasteiger partial charge in [0.15, 0.2) is 0 Å². The maximum atomic E-state index is 5.37. The van der Waals surface area contributed by atoms with Crippen molar-refractivity contribution in [2.24, 2.45) is 0 Å². The first kappa shape index (κ1) is 14.7. The van der Waals surface area contributed by atoms with E-state index in [9.17, 15) is 0 Å². The van der Waals surface area contributed by atoms with Gasteiger partial charge in [0.05, 0.1) is 0 Å². The van der Waals surface area contributed by atoms with Crippen molar-refractivity contribution < 1.29 is 4.74 Å². The van der Waals surface area contributed by atoms with Gasteiger partial charge in [0.25, 0.3) is 0 Å². The molecule has 0 bridgehead atoms. The predicted molar refractivity (Wildman–Crippen MR) is 76.0 cm³/mol. The topological polar surface area (TPSA) is 21.3 Å². The van der Waals surface area contributed by atoms with Crippen molar-refractivity contribution in [3.63, 3.8) is 0 Å². The van der Waals surface area contributed by atoms with Gasteiger partial charge >= 0.3 is 0 Å². The van der Waals surface area contributed by atoms with Gasteiger partial charge in [-0.2, -0.15) is 0 Å². The number of nitrogens with one attached hydrogen (secondary N) is 1. The first-order valence-corrected chi connectivity index (χ1v) is 7.44. The third kappa shape index (κ3) is 5.66. The Morgan fingerprint density at radius 2 is 2.06 bits per heavy atom. The van der Waals surface area contributed by atoms with Gasteiger partial charge in [0, 0.05) is 29.0 Å². The fourth-order valence-corrected chi connectivity index (χ4v) is 2.93. The molecule has 3 heteroatoms. The number of ether oxygens (including phenoxy) is 1. The number of likely N-dealkylation sites (N-methyl/N-ethyl adjacent to an activating group) is 1. The van der Waals surface area contributed by atoms with Gasteiger partial charge in [-0.25, -0.2) is 0 Å². The lowest BCUT2D eigenvalue weighted by Gasteiger charge is -2.14. The fourth-order valence-electron chi connectivity index (χ4n) is 1.89. The molecule has 98 valence electrons. The van der Waals surface area contributed by atoms with Crippen LogP contribution in [-0.4, -0.2) is 26.3 Å². The molecule has 1 atom stereocenters. The Labute approximate surface area is 109 Å². The van der Waals surface area contributed by atoms with Gasteiger partial charge < -0.3 is 10.1 Å². The minimum atomic E-state index is 0.582. The van der Waals surface area contributed by atoms with Gasteiger partial charge in [0.1, 0.15) is 0 Å². The third-order valence-electron chi connectivity index (χ3n) is 2.97. The molecule has 1 aromatic heterocycles. The van der Waals surface area contributed by atoms with E-state index in [1.54, 1.807) is 0 Å². The highest BCUT2D eigenvalue weighted by Gasteiger charge is 2.08. The van der Waals surface area contributed by atoms with E-state index in [1.165, 1.54) is 16.2 Å². The second kappa shape index (κ2) is 8.67. The molecule has 0 spiro atoms. The summed E-state index contributed by atoms with van der Waals surface area (Å²) < 4.78 is 5.37. The smallest absolute Gasteiger partial charge is 0.0466 e. The van der Waals surface area contributed by atoms with Crippen LogP contribution in [0.15, 0.2) is 12.1 Å². The van der Waals surface area contributed by atoms with Crippen LogP contribution >= 0.6 is 11.3 Å². The SMILES string of the molecule is CCOCCCC(Cc1ccc(CC)s1)NC. The second-order valence-corrected chi connectivity index (χ2v) is 5.50. The Bertz CT molecular complexity index is 298. The standard InChI is InChI=1S/C14H25NOS/c1-4-13-8-9-14(17-13)11-12(15-3)7-6-10-16-5-2/h8-9,12,15H,4-7,10-11H2,1-3H3. The molecule has 0 aromatic carbocycles. The molecule has 0 fully saturated rings. The second-order valence-electron chi connectivity index (χ2n) is 4.25. The van der Waals surface area contributed by atoms with E-state index < -0.39 is 0 Å². The molecule has 1 heterocycles. The van der Waals surface area contributed by atoms with Crippen molar-refractivity contribution in [1.82, 2.24) is 5.32 Å². The third-order valence-corrected chi connectivity index (χ3v) is 4.22. The molecule has 0 amide bonds. The van der Waals surface area contributed by atoms with E-state index >= 15 is 0 Å². The molecule has 2 nitrogen and oxygen atoms in total. The minimum absolute atomic E-state index is 0.582. The van der Waals surface area contributed by atoms with Gasteiger partial charge in [-0.3, -0.25) is 0 Å². The zero-order chi connectivity index (χ0) is 12.5. The predicted octanol–water partition coefficient (Wildman–Crippen LogP) is 3.26. The molecule has 1 rings (SSSR count). The number of aryl methyl sites for hydroxylation is 1. The molecule has 0 radical (unpaired) electrons. The molecular formula is C14H25NOS. The Balaban J connectivity index is 2.30. The summed E-state index contributed by atoms with van der Waals surface area (Å²) in [6.45, 7) is 5.98. The highest BCUT2D eigenvalue weighted by molar-refractivity contribution is 7.11. The summed E-state index contributed by atoms with van der Waals surface area (Å²) >= 11 is 1.95. The molecule has 0 aliphatic carbocycles. The number of rotatable bonds is 9. The van der Waals surface area contributed by atoms with E-state index in [1.807, 2.05) is 18.3 Å². The summed E-state index contributed by atoms with van der Waals surface area (Å²) in [6.07, 6.45) is 4.63. The Morgan fingerprint density at radius 3 is 2.65 bits per heavy atom. The van der Waals surface area contributed by atoms with Crippen LogP contribution in [0.25, 0.3) is 0 Å². The van der Waals surface area contributed by atoms with Crippen LogP contribution < -0.4 is 5.32 Å². The van der Waals surface area contributed by atoms with E-state index in [-0.39, 0.29) is 0 Å². The zero-order valence-corrected chi connectivity index (χ0v) is 12.1. The maximum absolute atomic E-state index is 5.37. The van der Waals surface area contributed by atoms with Crippen LogP contribution in [-0.2, 0) is 17.6 Å². The summed E-state index contributed by atoms with van der Waals surface area (Å²) in [4.78, 5) is 2.99. The van der Waals surface area contributed by atoms with Crippen LogP contribution in [0.3, 0.4) is 0 Å².